The van der Waals surface area contributed by atoms with E-state index in [1.807, 2.05) is 22.9 Å². The SMILES string of the molecule is NCC1CCCCN1Cc1nnnn1Cc1ccccc1. The standard InChI is InChI=1S/C15H22N6/c16-10-14-8-4-5-9-20(14)12-15-17-18-19-21(15)11-13-6-2-1-3-7-13/h1-3,6-7,14H,4-5,8-12,16H2. The predicted octanol–water partition coefficient (Wildman–Crippen LogP) is 1.03. The molecular weight excluding hydrogens is 264 g/mol. The summed E-state index contributed by atoms with van der Waals surface area (Å²) in [5.41, 5.74) is 7.09. The smallest absolute Gasteiger partial charge is 0.165 e. The van der Waals surface area contributed by atoms with Gasteiger partial charge in [-0.25, -0.2) is 4.68 Å². The first-order chi connectivity index (χ1) is 10.4. The van der Waals surface area contributed by atoms with Crippen molar-refractivity contribution in [1.82, 2.24) is 25.1 Å². The number of piperidine rings is 1. The summed E-state index contributed by atoms with van der Waals surface area (Å²) in [6, 6.07) is 10.7. The van der Waals surface area contributed by atoms with E-state index in [0.717, 1.165) is 18.9 Å². The van der Waals surface area contributed by atoms with Crippen LogP contribution in [-0.2, 0) is 13.1 Å². The molecule has 0 spiro atoms. The Kier molecular flexibility index (Phi) is 4.57. The number of hydrogen-bond acceptors (Lipinski definition) is 5. The maximum atomic E-state index is 5.88. The molecule has 1 saturated heterocycles. The van der Waals surface area contributed by atoms with Crippen LogP contribution < -0.4 is 5.73 Å². The van der Waals surface area contributed by atoms with Crippen molar-refractivity contribution in [2.24, 2.45) is 5.73 Å². The molecule has 0 bridgehead atoms. The minimum atomic E-state index is 0.459. The summed E-state index contributed by atoms with van der Waals surface area (Å²) in [7, 11) is 0. The third kappa shape index (κ3) is 3.46. The maximum absolute atomic E-state index is 5.88. The zero-order valence-corrected chi connectivity index (χ0v) is 12.2. The molecule has 1 fully saturated rings. The quantitative estimate of drug-likeness (QED) is 0.889. The van der Waals surface area contributed by atoms with Gasteiger partial charge in [0, 0.05) is 12.6 Å². The Hall–Kier alpha value is -1.79. The average molecular weight is 286 g/mol. The lowest BCUT2D eigenvalue weighted by Crippen LogP contribution is -2.43. The number of rotatable bonds is 5. The summed E-state index contributed by atoms with van der Waals surface area (Å²) >= 11 is 0. The molecule has 0 aliphatic carbocycles. The van der Waals surface area contributed by atoms with E-state index in [4.69, 9.17) is 5.73 Å². The average Bonchev–Trinajstić information content (AvgIpc) is 2.96. The largest absolute Gasteiger partial charge is 0.329 e. The molecule has 1 aliphatic heterocycles. The second-order valence-corrected chi connectivity index (χ2v) is 5.59. The third-order valence-electron chi connectivity index (χ3n) is 4.15. The molecule has 3 rings (SSSR count). The van der Waals surface area contributed by atoms with Crippen LogP contribution in [0.25, 0.3) is 0 Å². The molecule has 21 heavy (non-hydrogen) atoms. The highest BCUT2D eigenvalue weighted by Crippen LogP contribution is 2.18. The van der Waals surface area contributed by atoms with E-state index in [9.17, 15) is 0 Å². The molecule has 2 aromatic rings. The lowest BCUT2D eigenvalue weighted by atomic mass is 10.0. The van der Waals surface area contributed by atoms with Gasteiger partial charge >= 0.3 is 0 Å². The third-order valence-corrected chi connectivity index (χ3v) is 4.15. The number of benzene rings is 1. The highest BCUT2D eigenvalue weighted by Gasteiger charge is 2.23. The van der Waals surface area contributed by atoms with Crippen molar-refractivity contribution in [3.05, 3.63) is 41.7 Å². The Labute approximate surface area is 124 Å². The summed E-state index contributed by atoms with van der Waals surface area (Å²) in [6.07, 6.45) is 3.68. The van der Waals surface area contributed by atoms with Crippen molar-refractivity contribution in [1.29, 1.82) is 0 Å². The highest BCUT2D eigenvalue weighted by atomic mass is 15.5. The zero-order valence-electron chi connectivity index (χ0n) is 12.2. The number of nitrogens with two attached hydrogens (primary N) is 1. The van der Waals surface area contributed by atoms with Crippen LogP contribution in [0, 0.1) is 0 Å². The number of likely N-dealkylation sites (tertiary alicyclic amines) is 1. The molecule has 1 aromatic heterocycles. The number of nitrogens with zero attached hydrogens (tertiary/aromatic N) is 5. The van der Waals surface area contributed by atoms with Crippen LogP contribution in [0.3, 0.4) is 0 Å². The van der Waals surface area contributed by atoms with Crippen molar-refractivity contribution in [2.75, 3.05) is 13.1 Å². The molecule has 1 unspecified atom stereocenters. The summed E-state index contributed by atoms with van der Waals surface area (Å²) in [4.78, 5) is 2.41. The summed E-state index contributed by atoms with van der Waals surface area (Å²) in [5, 5.41) is 12.2. The van der Waals surface area contributed by atoms with Crippen LogP contribution in [0.1, 0.15) is 30.7 Å². The van der Waals surface area contributed by atoms with Crippen LogP contribution in [-0.4, -0.2) is 44.2 Å². The predicted molar refractivity (Wildman–Crippen MR) is 80.5 cm³/mol. The summed E-state index contributed by atoms with van der Waals surface area (Å²) < 4.78 is 1.89. The molecule has 112 valence electrons. The van der Waals surface area contributed by atoms with Crippen molar-refractivity contribution in [2.45, 2.75) is 38.4 Å². The van der Waals surface area contributed by atoms with Crippen LogP contribution in [0.2, 0.25) is 0 Å². The Morgan fingerprint density at radius 3 is 2.81 bits per heavy atom. The first kappa shape index (κ1) is 14.2. The second-order valence-electron chi connectivity index (χ2n) is 5.59. The van der Waals surface area contributed by atoms with Gasteiger partial charge in [-0.15, -0.1) is 5.10 Å². The van der Waals surface area contributed by atoms with Gasteiger partial charge in [-0.2, -0.15) is 0 Å². The van der Waals surface area contributed by atoms with Crippen LogP contribution in [0.4, 0.5) is 0 Å². The molecule has 0 saturated carbocycles. The van der Waals surface area contributed by atoms with Crippen molar-refractivity contribution >= 4 is 0 Å². The maximum Gasteiger partial charge on any atom is 0.165 e. The van der Waals surface area contributed by atoms with Crippen molar-refractivity contribution < 1.29 is 0 Å². The molecule has 1 aliphatic rings. The lowest BCUT2D eigenvalue weighted by molar-refractivity contribution is 0.139. The van der Waals surface area contributed by atoms with Crippen molar-refractivity contribution in [3.63, 3.8) is 0 Å². The van der Waals surface area contributed by atoms with Crippen LogP contribution in [0.15, 0.2) is 30.3 Å². The highest BCUT2D eigenvalue weighted by molar-refractivity contribution is 5.14. The monoisotopic (exact) mass is 286 g/mol. The van der Waals surface area contributed by atoms with E-state index < -0.39 is 0 Å². The van der Waals surface area contributed by atoms with Gasteiger partial charge in [0.15, 0.2) is 5.82 Å². The topological polar surface area (TPSA) is 72.9 Å². The molecule has 1 aromatic carbocycles. The Morgan fingerprint density at radius 2 is 2.00 bits per heavy atom. The van der Waals surface area contributed by atoms with Gasteiger partial charge < -0.3 is 5.73 Å². The fourth-order valence-corrected chi connectivity index (χ4v) is 2.93. The molecule has 0 radical (unpaired) electrons. The number of aromatic nitrogens is 4. The van der Waals surface area contributed by atoms with E-state index in [1.54, 1.807) is 0 Å². The number of hydrogen-bond donors (Lipinski definition) is 1. The van der Waals surface area contributed by atoms with Gasteiger partial charge in [0.05, 0.1) is 13.1 Å². The van der Waals surface area contributed by atoms with E-state index in [2.05, 4.69) is 32.6 Å². The Bertz CT molecular complexity index is 552. The second kappa shape index (κ2) is 6.78. The van der Waals surface area contributed by atoms with Crippen LogP contribution in [0.5, 0.6) is 0 Å². The molecule has 0 amide bonds. The molecule has 2 heterocycles. The van der Waals surface area contributed by atoms with E-state index in [-0.39, 0.29) is 0 Å². The zero-order chi connectivity index (χ0) is 14.5. The fraction of sp³-hybridized carbons (Fsp3) is 0.533. The van der Waals surface area contributed by atoms with Gasteiger partial charge in [-0.3, -0.25) is 4.90 Å². The Morgan fingerprint density at radius 1 is 1.14 bits per heavy atom. The normalized spacial score (nSPS) is 19.8. The molecular formula is C15H22N6. The van der Waals surface area contributed by atoms with Crippen LogP contribution >= 0.6 is 0 Å². The van der Waals surface area contributed by atoms with Gasteiger partial charge in [0.25, 0.3) is 0 Å². The minimum Gasteiger partial charge on any atom is -0.329 e. The van der Waals surface area contributed by atoms with E-state index >= 15 is 0 Å². The molecule has 6 nitrogen and oxygen atoms in total. The molecule has 2 N–H and O–H groups in total. The molecule has 1 atom stereocenters. The van der Waals surface area contributed by atoms with Gasteiger partial charge in [-0.1, -0.05) is 36.8 Å². The molecule has 6 heteroatoms. The summed E-state index contributed by atoms with van der Waals surface area (Å²) in [5.74, 6) is 0.916. The first-order valence-corrected chi connectivity index (χ1v) is 7.60. The van der Waals surface area contributed by atoms with E-state index in [1.165, 1.54) is 24.8 Å². The van der Waals surface area contributed by atoms with Gasteiger partial charge in [0.2, 0.25) is 0 Å². The van der Waals surface area contributed by atoms with Gasteiger partial charge in [-0.05, 0) is 35.4 Å². The summed E-state index contributed by atoms with van der Waals surface area (Å²) in [6.45, 7) is 3.28. The number of tetrazole rings is 1. The Balaban J connectivity index is 1.70. The first-order valence-electron chi connectivity index (χ1n) is 7.60. The van der Waals surface area contributed by atoms with Crippen molar-refractivity contribution in [3.8, 4) is 0 Å². The lowest BCUT2D eigenvalue weighted by Gasteiger charge is -2.34. The van der Waals surface area contributed by atoms with Gasteiger partial charge in [0.1, 0.15) is 0 Å². The van der Waals surface area contributed by atoms with E-state index in [0.29, 0.717) is 19.1 Å². The minimum absolute atomic E-state index is 0.459. The fourth-order valence-electron chi connectivity index (χ4n) is 2.93.